The van der Waals surface area contributed by atoms with Gasteiger partial charge in [-0.3, -0.25) is 10.1 Å². The molecule has 0 aliphatic rings. The predicted molar refractivity (Wildman–Crippen MR) is 92.8 cm³/mol. The number of hydrogen-bond donors (Lipinski definition) is 3. The van der Waals surface area contributed by atoms with Gasteiger partial charge in [-0.05, 0) is 44.6 Å². The molecule has 3 N–H and O–H groups in total. The van der Waals surface area contributed by atoms with Crippen molar-refractivity contribution >= 4 is 46.7 Å². The van der Waals surface area contributed by atoms with Crippen LogP contribution in [0.1, 0.15) is 37.7 Å². The molecule has 0 bridgehead atoms. The summed E-state index contributed by atoms with van der Waals surface area (Å²) in [5, 5.41) is 8.09. The number of anilines is 1. The molecule has 1 rings (SSSR count). The van der Waals surface area contributed by atoms with Crippen LogP contribution in [0.4, 0.5) is 10.6 Å². The Balaban J connectivity index is 2.79. The number of nitrogens with zero attached hydrogens (tertiary/aromatic N) is 1. The van der Waals surface area contributed by atoms with Crippen molar-refractivity contribution < 1.29 is 14.3 Å². The molecular formula is C14H19ClN4O3S. The zero-order valence-corrected chi connectivity index (χ0v) is 14.7. The molecule has 0 fully saturated rings. The van der Waals surface area contributed by atoms with Crippen LogP contribution >= 0.6 is 23.8 Å². The van der Waals surface area contributed by atoms with Crippen molar-refractivity contribution in [3.05, 3.63) is 22.8 Å². The van der Waals surface area contributed by atoms with Crippen molar-refractivity contribution in [2.24, 2.45) is 0 Å². The number of carbonyl (C=O) groups excluding carboxylic acids is 2. The van der Waals surface area contributed by atoms with Gasteiger partial charge in [-0.25, -0.2) is 9.78 Å². The molecular weight excluding hydrogens is 340 g/mol. The molecule has 1 atom stereocenters. The van der Waals surface area contributed by atoms with Crippen LogP contribution in [0, 0.1) is 0 Å². The molecule has 0 saturated carbocycles. The molecule has 0 radical (unpaired) electrons. The van der Waals surface area contributed by atoms with Gasteiger partial charge in [0.25, 0.3) is 5.91 Å². The minimum Gasteiger partial charge on any atom is -0.450 e. The Labute approximate surface area is 145 Å². The number of nitrogens with one attached hydrogen (secondary N) is 3. The molecule has 9 heteroatoms. The molecule has 0 unspecified atom stereocenters. The number of thiocarbonyl (C=S) groups is 1. The lowest BCUT2D eigenvalue weighted by atomic mass is 10.2. The first-order chi connectivity index (χ1) is 10.8. The van der Waals surface area contributed by atoms with Crippen LogP contribution < -0.4 is 16.0 Å². The lowest BCUT2D eigenvalue weighted by Crippen LogP contribution is -2.35. The summed E-state index contributed by atoms with van der Waals surface area (Å²) < 4.78 is 4.70. The summed E-state index contributed by atoms with van der Waals surface area (Å²) in [4.78, 5) is 27.5. The maximum absolute atomic E-state index is 12.1. The Morgan fingerprint density at radius 3 is 2.70 bits per heavy atom. The minimum atomic E-state index is -0.679. The molecule has 0 saturated heterocycles. The van der Waals surface area contributed by atoms with E-state index >= 15 is 0 Å². The van der Waals surface area contributed by atoms with E-state index in [1.165, 1.54) is 12.1 Å². The lowest BCUT2D eigenvalue weighted by Gasteiger charge is -2.13. The van der Waals surface area contributed by atoms with Gasteiger partial charge in [0.15, 0.2) is 5.11 Å². The Morgan fingerprint density at radius 1 is 1.39 bits per heavy atom. The van der Waals surface area contributed by atoms with Gasteiger partial charge in [-0.15, -0.1) is 0 Å². The number of halogens is 1. The maximum Gasteiger partial charge on any atom is 0.413 e. The molecule has 0 spiro atoms. The summed E-state index contributed by atoms with van der Waals surface area (Å²) in [5.41, 5.74) is 0.152. The number of pyridine rings is 1. The molecule has 0 aliphatic heterocycles. The summed E-state index contributed by atoms with van der Waals surface area (Å²) >= 11 is 10.9. The summed E-state index contributed by atoms with van der Waals surface area (Å²) in [6.45, 7) is 5.75. The molecule has 0 aromatic carbocycles. The van der Waals surface area contributed by atoms with Gasteiger partial charge >= 0.3 is 6.09 Å². The second-order valence-corrected chi connectivity index (χ2v) is 5.48. The molecule has 1 aromatic rings. The number of amides is 2. The van der Waals surface area contributed by atoms with E-state index < -0.39 is 6.09 Å². The summed E-state index contributed by atoms with van der Waals surface area (Å²) in [5.74, 6) is -0.0947. The van der Waals surface area contributed by atoms with Crippen molar-refractivity contribution in [3.63, 3.8) is 0 Å². The first-order valence-corrected chi connectivity index (χ1v) is 7.87. The van der Waals surface area contributed by atoms with E-state index in [9.17, 15) is 9.59 Å². The molecule has 2 amide bonds. The van der Waals surface area contributed by atoms with Gasteiger partial charge in [0.2, 0.25) is 0 Å². The van der Waals surface area contributed by atoms with E-state index in [2.05, 4.69) is 20.9 Å². The Bertz CT molecular complexity index is 597. The van der Waals surface area contributed by atoms with Crippen molar-refractivity contribution in [1.29, 1.82) is 0 Å². The molecule has 1 aromatic heterocycles. The molecule has 7 nitrogen and oxygen atoms in total. The van der Waals surface area contributed by atoms with Gasteiger partial charge in [-0.1, -0.05) is 18.5 Å². The number of carbonyl (C=O) groups is 2. The van der Waals surface area contributed by atoms with E-state index in [0.717, 1.165) is 6.42 Å². The Kier molecular flexibility index (Phi) is 7.70. The normalized spacial score (nSPS) is 11.3. The van der Waals surface area contributed by atoms with Crippen LogP contribution in [0.5, 0.6) is 0 Å². The fraction of sp³-hybridized carbons (Fsp3) is 0.429. The molecule has 0 aliphatic carbocycles. The van der Waals surface area contributed by atoms with E-state index in [-0.39, 0.29) is 35.2 Å². The first kappa shape index (κ1) is 19.1. The van der Waals surface area contributed by atoms with Gasteiger partial charge in [0, 0.05) is 11.1 Å². The summed E-state index contributed by atoms with van der Waals surface area (Å²) in [6.07, 6.45) is 0.118. The van der Waals surface area contributed by atoms with Crippen LogP contribution in [0.2, 0.25) is 5.02 Å². The van der Waals surface area contributed by atoms with Crippen LogP contribution in [-0.4, -0.2) is 34.7 Å². The van der Waals surface area contributed by atoms with Gasteiger partial charge in [-0.2, -0.15) is 0 Å². The van der Waals surface area contributed by atoms with Crippen LogP contribution in [-0.2, 0) is 4.74 Å². The number of hydrogen-bond acceptors (Lipinski definition) is 5. The SMILES string of the molecule is CCOC(=O)NC(=S)Nc1cc(Cl)cc(C(=O)N[C@@H](C)CC)n1. The highest BCUT2D eigenvalue weighted by Crippen LogP contribution is 2.15. The summed E-state index contributed by atoms with van der Waals surface area (Å²) in [6, 6.07) is 2.96. The smallest absolute Gasteiger partial charge is 0.413 e. The fourth-order valence-corrected chi connectivity index (χ4v) is 1.88. The van der Waals surface area contributed by atoms with Gasteiger partial charge < -0.3 is 15.4 Å². The highest BCUT2D eigenvalue weighted by Gasteiger charge is 2.13. The second-order valence-electron chi connectivity index (χ2n) is 4.64. The Hall–Kier alpha value is -1.93. The van der Waals surface area contributed by atoms with Crippen LogP contribution in [0.25, 0.3) is 0 Å². The van der Waals surface area contributed by atoms with Crippen LogP contribution in [0.3, 0.4) is 0 Å². The van der Waals surface area contributed by atoms with E-state index in [4.69, 9.17) is 28.6 Å². The van der Waals surface area contributed by atoms with E-state index in [0.29, 0.717) is 5.02 Å². The number of ether oxygens (including phenoxy) is 1. The zero-order chi connectivity index (χ0) is 17.4. The highest BCUT2D eigenvalue weighted by molar-refractivity contribution is 7.80. The first-order valence-electron chi connectivity index (χ1n) is 7.08. The third-order valence-corrected chi connectivity index (χ3v) is 3.17. The number of rotatable bonds is 5. The van der Waals surface area contributed by atoms with Crippen molar-refractivity contribution in [2.75, 3.05) is 11.9 Å². The quantitative estimate of drug-likeness (QED) is 0.701. The van der Waals surface area contributed by atoms with Gasteiger partial charge in [0.05, 0.1) is 6.61 Å². The van der Waals surface area contributed by atoms with Crippen molar-refractivity contribution in [3.8, 4) is 0 Å². The number of aromatic nitrogens is 1. The molecule has 126 valence electrons. The van der Waals surface area contributed by atoms with Crippen molar-refractivity contribution in [1.82, 2.24) is 15.6 Å². The third kappa shape index (κ3) is 6.79. The van der Waals surface area contributed by atoms with Gasteiger partial charge in [0.1, 0.15) is 11.5 Å². The summed E-state index contributed by atoms with van der Waals surface area (Å²) in [7, 11) is 0. The van der Waals surface area contributed by atoms with Crippen LogP contribution in [0.15, 0.2) is 12.1 Å². The largest absolute Gasteiger partial charge is 0.450 e. The van der Waals surface area contributed by atoms with E-state index in [1.807, 2.05) is 13.8 Å². The second kappa shape index (κ2) is 9.26. The monoisotopic (exact) mass is 358 g/mol. The standard InChI is InChI=1S/C14H19ClN4O3S/c1-4-8(3)16-12(20)10-6-9(15)7-11(17-10)18-13(23)19-14(21)22-5-2/h6-8H,4-5H2,1-3H3,(H,16,20)(H2,17,18,19,21,23)/t8-/m0/s1. The highest BCUT2D eigenvalue weighted by atomic mass is 35.5. The lowest BCUT2D eigenvalue weighted by molar-refractivity contribution is 0.0934. The topological polar surface area (TPSA) is 92.4 Å². The van der Waals surface area contributed by atoms with Crippen molar-refractivity contribution in [2.45, 2.75) is 33.2 Å². The number of alkyl carbamates (subject to hydrolysis) is 1. The third-order valence-electron chi connectivity index (χ3n) is 2.75. The molecule has 1 heterocycles. The fourth-order valence-electron chi connectivity index (χ4n) is 1.48. The zero-order valence-electron chi connectivity index (χ0n) is 13.1. The Morgan fingerprint density at radius 2 is 2.09 bits per heavy atom. The molecule has 23 heavy (non-hydrogen) atoms. The average molecular weight is 359 g/mol. The average Bonchev–Trinajstić information content (AvgIpc) is 2.46. The van der Waals surface area contributed by atoms with E-state index in [1.54, 1.807) is 6.92 Å². The predicted octanol–water partition coefficient (Wildman–Crippen LogP) is 2.71. The maximum atomic E-state index is 12.1. The minimum absolute atomic E-state index is 0.00787.